The summed E-state index contributed by atoms with van der Waals surface area (Å²) in [4.78, 5) is 45.0. The van der Waals surface area contributed by atoms with Gasteiger partial charge in [-0.25, -0.2) is 33.3 Å². The Labute approximate surface area is 206 Å². The molecule has 2 aliphatic rings. The molecular formula is C22H28F2N8O4. The number of nitrogens with zero attached hydrogens (tertiary/aromatic N) is 6. The van der Waals surface area contributed by atoms with Gasteiger partial charge in [-0.2, -0.15) is 4.98 Å². The van der Waals surface area contributed by atoms with E-state index in [1.807, 2.05) is 11.8 Å². The number of urea groups is 1. The van der Waals surface area contributed by atoms with Gasteiger partial charge in [-0.3, -0.25) is 5.32 Å². The topological polar surface area (TPSA) is 135 Å². The van der Waals surface area contributed by atoms with Crippen molar-refractivity contribution in [2.75, 3.05) is 37.0 Å². The second-order valence-electron chi connectivity index (χ2n) is 8.65. The van der Waals surface area contributed by atoms with Gasteiger partial charge in [-0.05, 0) is 19.8 Å². The molecule has 1 aliphatic heterocycles. The third-order valence-corrected chi connectivity index (χ3v) is 5.93. The normalized spacial score (nSPS) is 19.1. The highest BCUT2D eigenvalue weighted by Crippen LogP contribution is 2.37. The van der Waals surface area contributed by atoms with Gasteiger partial charge in [0.25, 0.3) is 5.92 Å². The van der Waals surface area contributed by atoms with E-state index in [2.05, 4.69) is 30.6 Å². The van der Waals surface area contributed by atoms with Crippen LogP contribution in [0.25, 0.3) is 0 Å². The summed E-state index contributed by atoms with van der Waals surface area (Å²) in [6.45, 7) is 3.43. The third kappa shape index (κ3) is 6.43. The molecule has 0 bridgehead atoms. The van der Waals surface area contributed by atoms with Gasteiger partial charge in [-0.15, -0.1) is 0 Å². The van der Waals surface area contributed by atoms with Crippen molar-refractivity contribution in [1.29, 1.82) is 0 Å². The van der Waals surface area contributed by atoms with Gasteiger partial charge in [0, 0.05) is 51.3 Å². The van der Waals surface area contributed by atoms with Crippen molar-refractivity contribution < 1.29 is 27.8 Å². The molecule has 0 spiro atoms. The highest BCUT2D eigenvalue weighted by atomic mass is 19.3. The Kier molecular flexibility index (Phi) is 7.60. The summed E-state index contributed by atoms with van der Waals surface area (Å²) in [6.07, 6.45) is 4.23. The number of likely N-dealkylation sites (N-methyl/N-ethyl adjacent to an activating group) is 1. The van der Waals surface area contributed by atoms with Gasteiger partial charge in [0.15, 0.2) is 5.82 Å². The number of aromatic nitrogens is 4. The molecule has 0 aromatic carbocycles. The quantitative estimate of drug-likeness (QED) is 0.581. The predicted octanol–water partition coefficient (Wildman–Crippen LogP) is 2.68. The van der Waals surface area contributed by atoms with Gasteiger partial charge in [0.2, 0.25) is 17.7 Å². The highest BCUT2D eigenvalue weighted by molar-refractivity contribution is 5.88. The smallest absolute Gasteiger partial charge is 0.414 e. The summed E-state index contributed by atoms with van der Waals surface area (Å²) in [6, 6.07) is 0.326. The molecule has 2 aromatic rings. The molecule has 1 atom stereocenters. The summed E-state index contributed by atoms with van der Waals surface area (Å²) in [7, 11) is 1.69. The van der Waals surface area contributed by atoms with E-state index in [9.17, 15) is 18.4 Å². The van der Waals surface area contributed by atoms with Crippen molar-refractivity contribution in [3.8, 4) is 11.8 Å². The van der Waals surface area contributed by atoms with E-state index in [0.29, 0.717) is 37.3 Å². The van der Waals surface area contributed by atoms with Gasteiger partial charge >= 0.3 is 12.1 Å². The number of piperidine rings is 1. The fourth-order valence-corrected chi connectivity index (χ4v) is 4.02. The zero-order valence-corrected chi connectivity index (χ0v) is 20.0. The first-order valence-corrected chi connectivity index (χ1v) is 11.7. The Morgan fingerprint density at radius 3 is 2.72 bits per heavy atom. The largest absolute Gasteiger partial charge is 0.477 e. The van der Waals surface area contributed by atoms with Crippen LogP contribution in [0.3, 0.4) is 0 Å². The van der Waals surface area contributed by atoms with Gasteiger partial charge in [0.05, 0.1) is 25.0 Å². The van der Waals surface area contributed by atoms with Crippen LogP contribution < -0.4 is 25.0 Å². The summed E-state index contributed by atoms with van der Waals surface area (Å²) >= 11 is 0. The summed E-state index contributed by atoms with van der Waals surface area (Å²) in [5.74, 6) is -1.71. The number of carbonyl (C=O) groups is 2. The van der Waals surface area contributed by atoms with Crippen LogP contribution in [0.2, 0.25) is 0 Å². The lowest BCUT2D eigenvalue weighted by atomic mass is 9.88. The second kappa shape index (κ2) is 10.8. The Balaban J connectivity index is 1.31. The zero-order valence-electron chi connectivity index (χ0n) is 20.0. The van der Waals surface area contributed by atoms with Gasteiger partial charge in [-0.1, -0.05) is 0 Å². The second-order valence-corrected chi connectivity index (χ2v) is 8.65. The number of nitrogens with one attached hydrogen (secondary N) is 2. The Hall–Kier alpha value is -3.84. The summed E-state index contributed by atoms with van der Waals surface area (Å²) in [5.41, 5.74) is 0. The third-order valence-electron chi connectivity index (χ3n) is 5.93. The molecule has 2 N–H and O–H groups in total. The van der Waals surface area contributed by atoms with Crippen LogP contribution in [-0.4, -0.2) is 81.7 Å². The molecule has 2 aromatic heterocycles. The van der Waals surface area contributed by atoms with E-state index < -0.39 is 30.9 Å². The molecular weight excluding hydrogens is 478 g/mol. The number of anilines is 2. The van der Waals surface area contributed by atoms with E-state index in [4.69, 9.17) is 9.47 Å². The van der Waals surface area contributed by atoms with Gasteiger partial charge in [0.1, 0.15) is 0 Å². The molecule has 1 aliphatic carbocycles. The van der Waals surface area contributed by atoms with Crippen LogP contribution in [0.4, 0.5) is 30.1 Å². The highest BCUT2D eigenvalue weighted by Gasteiger charge is 2.46. The van der Waals surface area contributed by atoms with Crippen LogP contribution in [0.5, 0.6) is 11.8 Å². The monoisotopic (exact) mass is 506 g/mol. The van der Waals surface area contributed by atoms with E-state index in [1.54, 1.807) is 11.9 Å². The van der Waals surface area contributed by atoms with E-state index in [1.165, 1.54) is 24.7 Å². The van der Waals surface area contributed by atoms with Crippen molar-refractivity contribution in [3.05, 3.63) is 24.7 Å². The Bertz CT molecular complexity index is 1070. The van der Waals surface area contributed by atoms with Crippen LogP contribution in [0, 0.1) is 0 Å². The van der Waals surface area contributed by atoms with Crippen LogP contribution in [-0.2, 0) is 0 Å². The summed E-state index contributed by atoms with van der Waals surface area (Å²) in [5, 5.41) is 5.12. The maximum Gasteiger partial charge on any atom is 0.414 e. The van der Waals surface area contributed by atoms with E-state index in [0.717, 1.165) is 12.8 Å². The first kappa shape index (κ1) is 25.3. The Morgan fingerprint density at radius 1 is 1.22 bits per heavy atom. The SMILES string of the molecule is CCOc1cnc(NC(=O)N(C)[C@@H]2CCCN(c3nccc(OC(=O)NC4CC(F)(F)C4)n3)C2)cn1. The molecule has 0 unspecified atom stereocenters. The van der Waals surface area contributed by atoms with Crippen molar-refractivity contribution in [3.63, 3.8) is 0 Å². The predicted molar refractivity (Wildman–Crippen MR) is 124 cm³/mol. The minimum atomic E-state index is -2.74. The Morgan fingerprint density at radius 2 is 2.03 bits per heavy atom. The number of halogens is 2. The van der Waals surface area contributed by atoms with Crippen molar-refractivity contribution in [2.24, 2.45) is 0 Å². The van der Waals surface area contributed by atoms with Crippen LogP contribution >= 0.6 is 0 Å². The molecule has 1 saturated carbocycles. The number of ether oxygens (including phenoxy) is 2. The maximum atomic E-state index is 13.0. The first-order chi connectivity index (χ1) is 17.2. The number of carbonyl (C=O) groups excluding carboxylic acids is 2. The standard InChI is InChI=1S/C22H28F2N8O4/c1-3-35-18-12-26-16(11-27-18)29-20(33)31(2)15-5-4-8-32(13-15)19-25-7-6-17(30-19)36-21(34)28-14-9-22(23,24)10-14/h6-7,11-12,14-15H,3-5,8-10,13H2,1-2H3,(H,28,34)(H,26,29,33)/t15-/m1/s1. The molecule has 4 rings (SSSR count). The van der Waals surface area contributed by atoms with Crippen molar-refractivity contribution in [1.82, 2.24) is 30.2 Å². The first-order valence-electron chi connectivity index (χ1n) is 11.7. The molecule has 36 heavy (non-hydrogen) atoms. The molecule has 194 valence electrons. The molecule has 14 heteroatoms. The van der Waals surface area contributed by atoms with Crippen molar-refractivity contribution >= 4 is 23.9 Å². The molecule has 3 amide bonds. The molecule has 12 nitrogen and oxygen atoms in total. The number of hydrogen-bond acceptors (Lipinski definition) is 9. The molecule has 1 saturated heterocycles. The minimum absolute atomic E-state index is 0.00544. The lowest BCUT2D eigenvalue weighted by Crippen LogP contribution is -2.51. The number of alkyl halides is 2. The van der Waals surface area contributed by atoms with Crippen molar-refractivity contribution in [2.45, 2.75) is 50.6 Å². The average molecular weight is 507 g/mol. The number of rotatable bonds is 7. The van der Waals surface area contributed by atoms with E-state index in [-0.39, 0.29) is 18.0 Å². The lowest BCUT2D eigenvalue weighted by molar-refractivity contribution is -0.0904. The zero-order chi connectivity index (χ0) is 25.7. The summed E-state index contributed by atoms with van der Waals surface area (Å²) < 4.78 is 36.3. The van der Waals surface area contributed by atoms with Crippen LogP contribution in [0.15, 0.2) is 24.7 Å². The fourth-order valence-electron chi connectivity index (χ4n) is 4.02. The maximum absolute atomic E-state index is 13.0. The van der Waals surface area contributed by atoms with Gasteiger partial charge < -0.3 is 24.6 Å². The van der Waals surface area contributed by atoms with E-state index >= 15 is 0 Å². The molecule has 2 fully saturated rings. The van der Waals surface area contributed by atoms with Crippen LogP contribution in [0.1, 0.15) is 32.6 Å². The minimum Gasteiger partial charge on any atom is -0.477 e. The number of amides is 3. The number of hydrogen-bond donors (Lipinski definition) is 2. The fraction of sp³-hybridized carbons (Fsp3) is 0.545. The lowest BCUT2D eigenvalue weighted by Gasteiger charge is -2.37. The average Bonchev–Trinajstić information content (AvgIpc) is 2.84. The molecule has 0 radical (unpaired) electrons. The molecule has 3 heterocycles.